The number of phenolic OH excluding ortho intramolecular Hbond substituents is 1. The zero-order valence-corrected chi connectivity index (χ0v) is 14.5. The Morgan fingerprint density at radius 2 is 1.48 bits per heavy atom. The minimum atomic E-state index is -0.248. The minimum Gasteiger partial charge on any atom is -0.502 e. The van der Waals surface area contributed by atoms with Gasteiger partial charge >= 0.3 is 0 Å². The molecule has 0 saturated carbocycles. The van der Waals surface area contributed by atoms with Crippen molar-refractivity contribution < 1.29 is 28.8 Å². The molecular weight excluding hydrogens is 324 g/mol. The Balaban J connectivity index is 2.35. The third kappa shape index (κ3) is 4.03. The molecule has 0 aliphatic carbocycles. The van der Waals surface area contributed by atoms with Gasteiger partial charge in [0, 0.05) is 0 Å². The van der Waals surface area contributed by atoms with Crippen molar-refractivity contribution in [2.24, 2.45) is 0 Å². The molecule has 0 bridgehead atoms. The van der Waals surface area contributed by atoms with Crippen LogP contribution in [-0.4, -0.2) is 39.3 Å². The standard InChI is InChI=1S/C19H20O6/c1-22-13-6-8-16(23-2)14(11-13)15(20)7-5-12-9-17(24-3)19(21)18(10-12)25-4/h5-11,21H,1-4H3/b7-5+. The van der Waals surface area contributed by atoms with Crippen LogP contribution in [0.2, 0.25) is 0 Å². The summed E-state index contributed by atoms with van der Waals surface area (Å²) < 4.78 is 20.6. The monoisotopic (exact) mass is 344 g/mol. The Morgan fingerprint density at radius 3 is 2.00 bits per heavy atom. The zero-order chi connectivity index (χ0) is 18.4. The summed E-state index contributed by atoms with van der Waals surface area (Å²) in [6, 6.07) is 8.21. The van der Waals surface area contributed by atoms with Gasteiger partial charge in [-0.15, -0.1) is 0 Å². The van der Waals surface area contributed by atoms with Crippen molar-refractivity contribution in [1.82, 2.24) is 0 Å². The lowest BCUT2D eigenvalue weighted by Gasteiger charge is -2.10. The summed E-state index contributed by atoms with van der Waals surface area (Å²) >= 11 is 0. The number of hydrogen-bond acceptors (Lipinski definition) is 6. The summed E-state index contributed by atoms with van der Waals surface area (Å²) in [4.78, 5) is 12.5. The fraction of sp³-hybridized carbons (Fsp3) is 0.211. The Hall–Kier alpha value is -3.15. The van der Waals surface area contributed by atoms with Gasteiger partial charge in [0.2, 0.25) is 5.75 Å². The topological polar surface area (TPSA) is 74.2 Å². The van der Waals surface area contributed by atoms with Gasteiger partial charge in [-0.25, -0.2) is 0 Å². The molecule has 132 valence electrons. The fourth-order valence-electron chi connectivity index (χ4n) is 2.28. The summed E-state index contributed by atoms with van der Waals surface area (Å²) in [6.45, 7) is 0. The normalized spacial score (nSPS) is 10.6. The van der Waals surface area contributed by atoms with Crippen molar-refractivity contribution in [3.63, 3.8) is 0 Å². The molecule has 0 amide bonds. The molecule has 0 atom stereocenters. The van der Waals surface area contributed by atoms with E-state index in [2.05, 4.69) is 0 Å². The zero-order valence-electron chi connectivity index (χ0n) is 14.5. The second kappa shape index (κ2) is 8.10. The van der Waals surface area contributed by atoms with Crippen molar-refractivity contribution in [1.29, 1.82) is 0 Å². The first-order chi connectivity index (χ1) is 12.0. The summed E-state index contributed by atoms with van der Waals surface area (Å²) in [5, 5.41) is 9.92. The lowest BCUT2D eigenvalue weighted by atomic mass is 10.1. The number of phenols is 1. The molecule has 0 aromatic heterocycles. The van der Waals surface area contributed by atoms with Crippen molar-refractivity contribution in [3.8, 4) is 28.7 Å². The maximum atomic E-state index is 12.5. The first kappa shape index (κ1) is 18.2. The summed E-state index contributed by atoms with van der Waals surface area (Å²) in [5.41, 5.74) is 1.03. The van der Waals surface area contributed by atoms with E-state index in [0.717, 1.165) is 0 Å². The lowest BCUT2D eigenvalue weighted by Crippen LogP contribution is -2.00. The first-order valence-electron chi connectivity index (χ1n) is 7.43. The number of carbonyl (C=O) groups is 1. The number of rotatable bonds is 7. The molecule has 0 radical (unpaired) electrons. The first-order valence-corrected chi connectivity index (χ1v) is 7.43. The average molecular weight is 344 g/mol. The second-order valence-corrected chi connectivity index (χ2v) is 5.04. The van der Waals surface area contributed by atoms with Crippen molar-refractivity contribution >= 4 is 11.9 Å². The molecule has 0 fully saturated rings. The molecule has 2 rings (SSSR count). The summed E-state index contributed by atoms with van der Waals surface area (Å²) in [6.07, 6.45) is 3.01. The highest BCUT2D eigenvalue weighted by atomic mass is 16.5. The molecule has 2 aromatic rings. The van der Waals surface area contributed by atoms with E-state index in [9.17, 15) is 9.90 Å². The van der Waals surface area contributed by atoms with Gasteiger partial charge < -0.3 is 24.1 Å². The van der Waals surface area contributed by atoms with Crippen LogP contribution in [0.3, 0.4) is 0 Å². The van der Waals surface area contributed by atoms with Crippen LogP contribution in [0.5, 0.6) is 28.7 Å². The predicted octanol–water partition coefficient (Wildman–Crippen LogP) is 3.32. The van der Waals surface area contributed by atoms with E-state index in [4.69, 9.17) is 18.9 Å². The minimum absolute atomic E-state index is 0.0945. The molecule has 2 aromatic carbocycles. The van der Waals surface area contributed by atoms with E-state index >= 15 is 0 Å². The van der Waals surface area contributed by atoms with Gasteiger partial charge in [0.05, 0.1) is 34.0 Å². The lowest BCUT2D eigenvalue weighted by molar-refractivity contribution is 0.104. The number of hydrogen-bond donors (Lipinski definition) is 1. The van der Waals surface area contributed by atoms with Gasteiger partial charge in [0.25, 0.3) is 0 Å². The van der Waals surface area contributed by atoms with E-state index in [1.54, 1.807) is 36.4 Å². The Bertz CT molecular complexity index is 769. The van der Waals surface area contributed by atoms with Crippen LogP contribution in [0.25, 0.3) is 6.08 Å². The van der Waals surface area contributed by atoms with Crippen LogP contribution in [0.1, 0.15) is 15.9 Å². The molecule has 0 saturated heterocycles. The largest absolute Gasteiger partial charge is 0.502 e. The van der Waals surface area contributed by atoms with E-state index < -0.39 is 0 Å². The summed E-state index contributed by atoms with van der Waals surface area (Å²) in [5.74, 6) is 1.18. The molecule has 25 heavy (non-hydrogen) atoms. The number of carbonyl (C=O) groups excluding carboxylic acids is 1. The molecule has 0 aliphatic rings. The van der Waals surface area contributed by atoms with Gasteiger partial charge in [-0.05, 0) is 42.0 Å². The summed E-state index contributed by atoms with van der Waals surface area (Å²) in [7, 11) is 5.90. The molecule has 6 heteroatoms. The molecule has 6 nitrogen and oxygen atoms in total. The van der Waals surface area contributed by atoms with Gasteiger partial charge in [-0.3, -0.25) is 4.79 Å². The number of ketones is 1. The van der Waals surface area contributed by atoms with E-state index in [1.807, 2.05) is 0 Å². The van der Waals surface area contributed by atoms with Crippen molar-refractivity contribution in [2.75, 3.05) is 28.4 Å². The molecule has 0 spiro atoms. The second-order valence-electron chi connectivity index (χ2n) is 5.04. The van der Waals surface area contributed by atoms with Gasteiger partial charge in [0.1, 0.15) is 11.5 Å². The van der Waals surface area contributed by atoms with Gasteiger partial charge in [-0.1, -0.05) is 6.08 Å². The number of aromatic hydroxyl groups is 1. The van der Waals surface area contributed by atoms with Crippen LogP contribution in [0.15, 0.2) is 36.4 Å². The van der Waals surface area contributed by atoms with Crippen LogP contribution < -0.4 is 18.9 Å². The fourth-order valence-corrected chi connectivity index (χ4v) is 2.28. The van der Waals surface area contributed by atoms with E-state index in [1.165, 1.54) is 34.5 Å². The van der Waals surface area contributed by atoms with Crippen molar-refractivity contribution in [2.45, 2.75) is 0 Å². The molecular formula is C19H20O6. The Morgan fingerprint density at radius 1 is 0.880 bits per heavy atom. The Kier molecular flexibility index (Phi) is 5.89. The third-order valence-corrected chi connectivity index (χ3v) is 3.60. The highest BCUT2D eigenvalue weighted by Crippen LogP contribution is 2.37. The SMILES string of the molecule is COc1ccc(OC)c(C(=O)/C=C/c2cc(OC)c(O)c(OC)c2)c1. The molecule has 0 unspecified atom stereocenters. The maximum Gasteiger partial charge on any atom is 0.200 e. The van der Waals surface area contributed by atoms with Crippen LogP contribution in [0, 0.1) is 0 Å². The molecule has 0 aliphatic heterocycles. The van der Waals surface area contributed by atoms with Crippen LogP contribution in [-0.2, 0) is 0 Å². The number of methoxy groups -OCH3 is 4. The van der Waals surface area contributed by atoms with Crippen LogP contribution >= 0.6 is 0 Å². The number of allylic oxidation sites excluding steroid dienone is 1. The predicted molar refractivity (Wildman–Crippen MR) is 94.1 cm³/mol. The number of benzene rings is 2. The molecule has 1 N–H and O–H groups in total. The highest BCUT2D eigenvalue weighted by Gasteiger charge is 2.13. The number of ether oxygens (including phenoxy) is 4. The quantitative estimate of drug-likeness (QED) is 0.613. The van der Waals surface area contributed by atoms with Gasteiger partial charge in [0.15, 0.2) is 17.3 Å². The average Bonchev–Trinajstić information content (AvgIpc) is 2.66. The van der Waals surface area contributed by atoms with E-state index in [-0.39, 0.29) is 23.0 Å². The van der Waals surface area contributed by atoms with Gasteiger partial charge in [-0.2, -0.15) is 0 Å². The van der Waals surface area contributed by atoms with E-state index in [0.29, 0.717) is 22.6 Å². The third-order valence-electron chi connectivity index (χ3n) is 3.60. The van der Waals surface area contributed by atoms with Crippen molar-refractivity contribution in [3.05, 3.63) is 47.5 Å². The smallest absolute Gasteiger partial charge is 0.200 e. The Labute approximate surface area is 146 Å². The van der Waals surface area contributed by atoms with Crippen LogP contribution in [0.4, 0.5) is 0 Å². The maximum absolute atomic E-state index is 12.5. The highest BCUT2D eigenvalue weighted by molar-refractivity contribution is 6.09. The molecule has 0 heterocycles.